The summed E-state index contributed by atoms with van der Waals surface area (Å²) in [6, 6.07) is 9.78. The molecule has 0 aliphatic rings. The first-order valence-corrected chi connectivity index (χ1v) is 7.04. The number of halogens is 1. The fraction of sp³-hybridized carbons (Fsp3) is 0.312. The molecule has 0 bridgehead atoms. The Balaban J connectivity index is 2.12. The molecule has 0 aliphatic carbocycles. The van der Waals surface area contributed by atoms with E-state index in [2.05, 4.69) is 15.1 Å². The molecule has 0 spiro atoms. The predicted molar refractivity (Wildman–Crippen MR) is 84.5 cm³/mol. The Morgan fingerprint density at radius 1 is 1.32 bits per heavy atom. The van der Waals surface area contributed by atoms with Crippen molar-refractivity contribution in [3.63, 3.8) is 0 Å². The highest BCUT2D eigenvalue weighted by molar-refractivity contribution is 5.58. The molecule has 22 heavy (non-hydrogen) atoms. The number of rotatable bonds is 6. The average Bonchev–Trinajstić information content (AvgIpc) is 2.49. The van der Waals surface area contributed by atoms with Gasteiger partial charge in [0.05, 0.1) is 6.20 Å². The first kappa shape index (κ1) is 15.9. The van der Waals surface area contributed by atoms with Crippen LogP contribution in [0.25, 0.3) is 0 Å². The SMILES string of the molecule is CC(C)C=NOc1ncc(F)c(N(C)Cc2ccccc2)n1. The first-order valence-electron chi connectivity index (χ1n) is 7.04. The van der Waals surface area contributed by atoms with Gasteiger partial charge in [-0.3, -0.25) is 0 Å². The van der Waals surface area contributed by atoms with Gasteiger partial charge in [0.15, 0.2) is 11.6 Å². The molecule has 0 radical (unpaired) electrons. The highest BCUT2D eigenvalue weighted by Crippen LogP contribution is 2.19. The number of nitrogens with zero attached hydrogens (tertiary/aromatic N) is 4. The van der Waals surface area contributed by atoms with E-state index < -0.39 is 5.82 Å². The van der Waals surface area contributed by atoms with E-state index in [4.69, 9.17) is 4.84 Å². The third-order valence-corrected chi connectivity index (χ3v) is 2.82. The second-order valence-electron chi connectivity index (χ2n) is 5.26. The summed E-state index contributed by atoms with van der Waals surface area (Å²) in [5.41, 5.74) is 1.06. The van der Waals surface area contributed by atoms with Crippen molar-refractivity contribution in [2.24, 2.45) is 11.1 Å². The van der Waals surface area contributed by atoms with Crippen LogP contribution < -0.4 is 9.74 Å². The Bertz CT molecular complexity index is 631. The normalized spacial score (nSPS) is 11.1. The van der Waals surface area contributed by atoms with Crippen LogP contribution in [0.1, 0.15) is 19.4 Å². The van der Waals surface area contributed by atoms with Crippen LogP contribution in [0.5, 0.6) is 6.01 Å². The van der Waals surface area contributed by atoms with E-state index in [0.29, 0.717) is 6.54 Å². The molecule has 116 valence electrons. The smallest absolute Gasteiger partial charge is 0.347 e. The molecule has 0 saturated heterocycles. The lowest BCUT2D eigenvalue weighted by Crippen LogP contribution is -2.19. The highest BCUT2D eigenvalue weighted by atomic mass is 19.1. The zero-order valence-electron chi connectivity index (χ0n) is 12.9. The van der Waals surface area contributed by atoms with Gasteiger partial charge >= 0.3 is 6.01 Å². The van der Waals surface area contributed by atoms with Gasteiger partial charge in [-0.1, -0.05) is 49.3 Å². The van der Waals surface area contributed by atoms with Gasteiger partial charge in [0.1, 0.15) is 0 Å². The van der Waals surface area contributed by atoms with Crippen molar-refractivity contribution in [2.45, 2.75) is 20.4 Å². The van der Waals surface area contributed by atoms with E-state index in [-0.39, 0.29) is 17.7 Å². The number of oxime groups is 1. The van der Waals surface area contributed by atoms with E-state index in [1.807, 2.05) is 44.2 Å². The Morgan fingerprint density at radius 3 is 2.73 bits per heavy atom. The maximum atomic E-state index is 13.9. The van der Waals surface area contributed by atoms with E-state index >= 15 is 0 Å². The molecule has 1 aromatic heterocycles. The molecule has 0 unspecified atom stereocenters. The lowest BCUT2D eigenvalue weighted by atomic mass is 10.2. The van der Waals surface area contributed by atoms with Gasteiger partial charge in [0, 0.05) is 19.8 Å². The van der Waals surface area contributed by atoms with Crippen LogP contribution in [0.2, 0.25) is 0 Å². The van der Waals surface area contributed by atoms with Gasteiger partial charge in [-0.05, 0) is 11.5 Å². The fourth-order valence-corrected chi connectivity index (χ4v) is 1.79. The van der Waals surface area contributed by atoms with Gasteiger partial charge in [-0.2, -0.15) is 9.97 Å². The molecular weight excluding hydrogens is 283 g/mol. The van der Waals surface area contributed by atoms with Crippen molar-refractivity contribution >= 4 is 12.0 Å². The lowest BCUT2D eigenvalue weighted by Gasteiger charge is -2.18. The van der Waals surface area contributed by atoms with Crippen LogP contribution in [0.4, 0.5) is 10.2 Å². The van der Waals surface area contributed by atoms with Crippen molar-refractivity contribution in [1.82, 2.24) is 9.97 Å². The van der Waals surface area contributed by atoms with Gasteiger partial charge in [-0.25, -0.2) is 4.39 Å². The lowest BCUT2D eigenvalue weighted by molar-refractivity contribution is 0.311. The largest absolute Gasteiger partial charge is 0.353 e. The molecular formula is C16H19FN4O. The number of benzene rings is 1. The van der Waals surface area contributed by atoms with Crippen LogP contribution >= 0.6 is 0 Å². The minimum atomic E-state index is -0.501. The first-order chi connectivity index (χ1) is 10.6. The molecule has 0 amide bonds. The maximum absolute atomic E-state index is 13.9. The summed E-state index contributed by atoms with van der Waals surface area (Å²) in [6.45, 7) is 4.47. The van der Waals surface area contributed by atoms with Crippen molar-refractivity contribution in [1.29, 1.82) is 0 Å². The van der Waals surface area contributed by atoms with Crippen LogP contribution in [-0.2, 0) is 6.54 Å². The molecule has 0 saturated carbocycles. The zero-order valence-corrected chi connectivity index (χ0v) is 12.9. The van der Waals surface area contributed by atoms with Crippen LogP contribution in [-0.4, -0.2) is 23.2 Å². The monoisotopic (exact) mass is 302 g/mol. The Hall–Kier alpha value is -2.50. The summed E-state index contributed by atoms with van der Waals surface area (Å²) >= 11 is 0. The summed E-state index contributed by atoms with van der Waals surface area (Å²) in [5.74, 6) is -0.0760. The van der Waals surface area contributed by atoms with Crippen molar-refractivity contribution in [3.8, 4) is 6.01 Å². The molecule has 0 N–H and O–H groups in total. The van der Waals surface area contributed by atoms with E-state index in [9.17, 15) is 4.39 Å². The molecule has 1 heterocycles. The summed E-state index contributed by atoms with van der Waals surface area (Å²) in [7, 11) is 1.76. The molecule has 0 fully saturated rings. The minimum Gasteiger partial charge on any atom is -0.353 e. The van der Waals surface area contributed by atoms with E-state index in [0.717, 1.165) is 11.8 Å². The van der Waals surface area contributed by atoms with Gasteiger partial charge in [-0.15, -0.1) is 0 Å². The van der Waals surface area contributed by atoms with Gasteiger partial charge in [0.2, 0.25) is 0 Å². The van der Waals surface area contributed by atoms with Crippen molar-refractivity contribution in [3.05, 3.63) is 47.9 Å². The molecule has 5 nitrogen and oxygen atoms in total. The van der Waals surface area contributed by atoms with E-state index in [1.54, 1.807) is 18.2 Å². The topological polar surface area (TPSA) is 50.6 Å². The van der Waals surface area contributed by atoms with E-state index in [1.165, 1.54) is 0 Å². The molecule has 2 aromatic rings. The summed E-state index contributed by atoms with van der Waals surface area (Å²) in [5, 5.41) is 3.76. The standard InChI is InChI=1S/C16H19FN4O/c1-12(2)9-19-22-16-18-10-14(17)15(20-16)21(3)11-13-7-5-4-6-8-13/h4-10,12H,11H2,1-3H3. The molecule has 0 aliphatic heterocycles. The Kier molecular flexibility index (Phi) is 5.41. The average molecular weight is 302 g/mol. The van der Waals surface area contributed by atoms with Crippen LogP contribution in [0.3, 0.4) is 0 Å². The summed E-state index contributed by atoms with van der Waals surface area (Å²) in [6.07, 6.45) is 2.71. The number of hydrogen-bond acceptors (Lipinski definition) is 5. The third kappa shape index (κ3) is 4.51. The molecule has 2 rings (SSSR count). The molecule has 0 atom stereocenters. The predicted octanol–water partition coefficient (Wildman–Crippen LogP) is 3.27. The number of hydrogen-bond donors (Lipinski definition) is 0. The number of aromatic nitrogens is 2. The molecule has 6 heteroatoms. The fourth-order valence-electron chi connectivity index (χ4n) is 1.79. The minimum absolute atomic E-state index is 0.0215. The van der Waals surface area contributed by atoms with Gasteiger partial charge < -0.3 is 9.74 Å². The second-order valence-corrected chi connectivity index (χ2v) is 5.26. The van der Waals surface area contributed by atoms with Crippen molar-refractivity contribution in [2.75, 3.05) is 11.9 Å². The van der Waals surface area contributed by atoms with Crippen LogP contribution in [0, 0.1) is 11.7 Å². The Morgan fingerprint density at radius 2 is 2.05 bits per heavy atom. The second kappa shape index (κ2) is 7.49. The maximum Gasteiger partial charge on any atom is 0.347 e. The summed E-state index contributed by atoms with van der Waals surface area (Å²) in [4.78, 5) is 14.6. The third-order valence-electron chi connectivity index (χ3n) is 2.82. The quantitative estimate of drug-likeness (QED) is 0.607. The van der Waals surface area contributed by atoms with Crippen LogP contribution in [0.15, 0.2) is 41.7 Å². The molecule has 1 aromatic carbocycles. The Labute approximate surface area is 129 Å². The zero-order chi connectivity index (χ0) is 15.9. The summed E-state index contributed by atoms with van der Waals surface area (Å²) < 4.78 is 13.9. The highest BCUT2D eigenvalue weighted by Gasteiger charge is 2.13. The van der Waals surface area contributed by atoms with Gasteiger partial charge in [0.25, 0.3) is 0 Å². The van der Waals surface area contributed by atoms with Crippen molar-refractivity contribution < 1.29 is 9.23 Å². The number of anilines is 1.